The van der Waals surface area contributed by atoms with Crippen LogP contribution in [-0.2, 0) is 4.79 Å². The van der Waals surface area contributed by atoms with Gasteiger partial charge in [0.1, 0.15) is 0 Å². The van der Waals surface area contributed by atoms with E-state index in [1.54, 1.807) is 13.0 Å². The number of carbonyl (C=O) groups is 1. The Kier molecular flexibility index (Phi) is 4.54. The zero-order valence-corrected chi connectivity index (χ0v) is 7.00. The molecule has 0 radical (unpaired) electrons. The van der Waals surface area contributed by atoms with Gasteiger partial charge >= 0.3 is 5.97 Å². The zero-order valence-electron chi connectivity index (χ0n) is 7.00. The Balaban J connectivity index is 3.72. The Hall–Kier alpha value is -0.830. The quantitative estimate of drug-likeness (QED) is 0.582. The van der Waals surface area contributed by atoms with Crippen LogP contribution in [0, 0.1) is 5.92 Å². The summed E-state index contributed by atoms with van der Waals surface area (Å²) in [5, 5.41) is 11.6. The smallest absolute Gasteiger partial charge is 0.307 e. The van der Waals surface area contributed by atoms with E-state index in [0.717, 1.165) is 0 Å². The third-order valence-electron chi connectivity index (χ3n) is 1.72. The van der Waals surface area contributed by atoms with Gasteiger partial charge in [0.05, 0.1) is 5.92 Å². The van der Waals surface area contributed by atoms with Crippen LogP contribution in [0.5, 0.6) is 0 Å². The number of carboxylic acids is 1. The number of hydrogen-bond donors (Lipinski definition) is 2. The van der Waals surface area contributed by atoms with E-state index in [4.69, 9.17) is 5.11 Å². The highest BCUT2D eigenvalue weighted by Gasteiger charge is 2.17. The Morgan fingerprint density at radius 2 is 2.27 bits per heavy atom. The highest BCUT2D eigenvalue weighted by molar-refractivity contribution is 5.70. The number of nitrogens with one attached hydrogen (secondary N) is 1. The first kappa shape index (κ1) is 10.2. The van der Waals surface area contributed by atoms with Crippen molar-refractivity contribution in [3.05, 3.63) is 12.7 Å². The first-order valence-corrected chi connectivity index (χ1v) is 3.66. The normalized spacial score (nSPS) is 15.5. The maximum Gasteiger partial charge on any atom is 0.307 e. The summed E-state index contributed by atoms with van der Waals surface area (Å²) in [5.74, 6) is -1.12. The molecule has 0 rings (SSSR count). The van der Waals surface area contributed by atoms with E-state index in [-0.39, 0.29) is 12.0 Å². The third kappa shape index (κ3) is 3.78. The minimum Gasteiger partial charge on any atom is -0.481 e. The van der Waals surface area contributed by atoms with Gasteiger partial charge in [0, 0.05) is 12.6 Å². The van der Waals surface area contributed by atoms with Crippen LogP contribution in [0.4, 0.5) is 0 Å². The van der Waals surface area contributed by atoms with Gasteiger partial charge in [-0.3, -0.25) is 4.79 Å². The summed E-state index contributed by atoms with van der Waals surface area (Å²) in [6.45, 7) is 7.71. The van der Waals surface area contributed by atoms with Crippen LogP contribution < -0.4 is 5.32 Å². The van der Waals surface area contributed by atoms with Crippen LogP contribution in [-0.4, -0.2) is 23.7 Å². The molecule has 0 fully saturated rings. The minimum atomic E-state index is -0.769. The maximum atomic E-state index is 10.4. The number of rotatable bonds is 5. The van der Waals surface area contributed by atoms with Crippen molar-refractivity contribution < 1.29 is 9.90 Å². The Labute approximate surface area is 67.1 Å². The number of aliphatic carboxylic acids is 1. The predicted octanol–water partition coefficient (Wildman–Crippen LogP) is 0.871. The molecule has 0 saturated carbocycles. The summed E-state index contributed by atoms with van der Waals surface area (Å²) in [6.07, 6.45) is 1.71. The van der Waals surface area contributed by atoms with Crippen LogP contribution in [0.1, 0.15) is 13.8 Å². The second-order valence-corrected chi connectivity index (χ2v) is 2.61. The molecule has 2 atom stereocenters. The highest BCUT2D eigenvalue weighted by atomic mass is 16.4. The molecule has 11 heavy (non-hydrogen) atoms. The average Bonchev–Trinajstić information content (AvgIpc) is 1.98. The number of hydrogen-bond acceptors (Lipinski definition) is 2. The molecule has 0 heterocycles. The van der Waals surface area contributed by atoms with Crippen LogP contribution in [0.3, 0.4) is 0 Å². The molecule has 2 N–H and O–H groups in total. The predicted molar refractivity (Wildman–Crippen MR) is 44.5 cm³/mol. The molecule has 0 bridgehead atoms. The van der Waals surface area contributed by atoms with Crippen molar-refractivity contribution in [1.29, 1.82) is 0 Å². The highest BCUT2D eigenvalue weighted by Crippen LogP contribution is 2.01. The van der Waals surface area contributed by atoms with E-state index in [0.29, 0.717) is 6.54 Å². The molecule has 3 nitrogen and oxygen atoms in total. The topological polar surface area (TPSA) is 49.3 Å². The van der Waals surface area contributed by atoms with E-state index in [2.05, 4.69) is 11.9 Å². The molecule has 0 aromatic carbocycles. The van der Waals surface area contributed by atoms with Crippen LogP contribution in [0.15, 0.2) is 12.7 Å². The van der Waals surface area contributed by atoms with Gasteiger partial charge < -0.3 is 10.4 Å². The van der Waals surface area contributed by atoms with Gasteiger partial charge in [0.15, 0.2) is 0 Å². The molecule has 0 aliphatic heterocycles. The molecule has 2 unspecified atom stereocenters. The fraction of sp³-hybridized carbons (Fsp3) is 0.625. The second-order valence-electron chi connectivity index (χ2n) is 2.61. The Morgan fingerprint density at radius 3 is 2.64 bits per heavy atom. The van der Waals surface area contributed by atoms with E-state index >= 15 is 0 Å². The standard InChI is InChI=1S/C8H15NO2/c1-4-5-9-7(3)6(2)8(10)11/h4,6-7,9H,1,5H2,2-3H3,(H,10,11). The first-order valence-electron chi connectivity index (χ1n) is 3.66. The fourth-order valence-corrected chi connectivity index (χ4v) is 0.660. The second kappa shape index (κ2) is 4.91. The molecule has 0 aliphatic rings. The van der Waals surface area contributed by atoms with Gasteiger partial charge in [0.2, 0.25) is 0 Å². The minimum absolute atomic E-state index is 0.00880. The van der Waals surface area contributed by atoms with Crippen molar-refractivity contribution in [2.45, 2.75) is 19.9 Å². The lowest BCUT2D eigenvalue weighted by atomic mass is 10.0. The Morgan fingerprint density at radius 1 is 1.73 bits per heavy atom. The summed E-state index contributed by atoms with van der Waals surface area (Å²) in [5.41, 5.74) is 0. The van der Waals surface area contributed by atoms with Crippen molar-refractivity contribution in [3.8, 4) is 0 Å². The summed E-state index contributed by atoms with van der Waals surface area (Å²) in [4.78, 5) is 10.4. The molecule has 0 aromatic heterocycles. The third-order valence-corrected chi connectivity index (χ3v) is 1.72. The molecule has 0 saturated heterocycles. The van der Waals surface area contributed by atoms with Gasteiger partial charge in [-0.2, -0.15) is 0 Å². The van der Waals surface area contributed by atoms with E-state index in [1.165, 1.54) is 0 Å². The fourth-order valence-electron chi connectivity index (χ4n) is 0.660. The van der Waals surface area contributed by atoms with Crippen molar-refractivity contribution in [2.75, 3.05) is 6.54 Å². The van der Waals surface area contributed by atoms with Crippen molar-refractivity contribution in [2.24, 2.45) is 5.92 Å². The van der Waals surface area contributed by atoms with Gasteiger partial charge in [-0.05, 0) is 6.92 Å². The average molecular weight is 157 g/mol. The molecular formula is C8H15NO2. The van der Waals surface area contributed by atoms with E-state index < -0.39 is 5.97 Å². The van der Waals surface area contributed by atoms with Gasteiger partial charge in [0.25, 0.3) is 0 Å². The van der Waals surface area contributed by atoms with E-state index in [9.17, 15) is 4.79 Å². The van der Waals surface area contributed by atoms with Gasteiger partial charge in [-0.1, -0.05) is 13.0 Å². The summed E-state index contributed by atoms with van der Waals surface area (Å²) in [6, 6.07) is -0.00880. The van der Waals surface area contributed by atoms with E-state index in [1.807, 2.05) is 6.92 Å². The molecule has 0 aromatic rings. The molecule has 0 spiro atoms. The van der Waals surface area contributed by atoms with Crippen molar-refractivity contribution in [3.63, 3.8) is 0 Å². The molecule has 3 heteroatoms. The lowest BCUT2D eigenvalue weighted by Crippen LogP contribution is -2.36. The summed E-state index contributed by atoms with van der Waals surface area (Å²) >= 11 is 0. The molecule has 0 aliphatic carbocycles. The lowest BCUT2D eigenvalue weighted by Gasteiger charge is -2.16. The molecule has 64 valence electrons. The van der Waals surface area contributed by atoms with Crippen LogP contribution >= 0.6 is 0 Å². The SMILES string of the molecule is C=CCNC(C)C(C)C(=O)O. The monoisotopic (exact) mass is 157 g/mol. The molecule has 0 amide bonds. The summed E-state index contributed by atoms with van der Waals surface area (Å²) < 4.78 is 0. The van der Waals surface area contributed by atoms with Gasteiger partial charge in [-0.15, -0.1) is 6.58 Å². The molecular weight excluding hydrogens is 142 g/mol. The van der Waals surface area contributed by atoms with Gasteiger partial charge in [-0.25, -0.2) is 0 Å². The number of carboxylic acid groups (broad SMARTS) is 1. The Bertz CT molecular complexity index is 145. The van der Waals surface area contributed by atoms with Crippen LogP contribution in [0.2, 0.25) is 0 Å². The first-order chi connectivity index (χ1) is 5.09. The van der Waals surface area contributed by atoms with Crippen molar-refractivity contribution >= 4 is 5.97 Å². The largest absolute Gasteiger partial charge is 0.481 e. The lowest BCUT2D eigenvalue weighted by molar-refractivity contribution is -0.141. The van der Waals surface area contributed by atoms with Crippen molar-refractivity contribution in [1.82, 2.24) is 5.32 Å². The summed E-state index contributed by atoms with van der Waals surface area (Å²) in [7, 11) is 0. The van der Waals surface area contributed by atoms with Crippen LogP contribution in [0.25, 0.3) is 0 Å². The zero-order chi connectivity index (χ0) is 8.85. The maximum absolute atomic E-state index is 10.4.